The van der Waals surface area contributed by atoms with E-state index in [9.17, 15) is 13.2 Å². The molecule has 1 atom stereocenters. The number of benzene rings is 1. The van der Waals surface area contributed by atoms with Crippen LogP contribution in [0, 0.1) is 13.8 Å². The van der Waals surface area contributed by atoms with E-state index in [0.29, 0.717) is 26.9 Å². The zero-order valence-electron chi connectivity index (χ0n) is 16.0. The highest BCUT2D eigenvalue weighted by molar-refractivity contribution is 7.89. The fourth-order valence-corrected chi connectivity index (χ4v) is 4.34. The minimum atomic E-state index is -3.81. The Morgan fingerprint density at radius 1 is 1.25 bits per heavy atom. The number of hydrogen-bond acceptors (Lipinski definition) is 6. The number of carbonyl (C=O) groups is 1. The highest BCUT2D eigenvalue weighted by Crippen LogP contribution is 2.31. The van der Waals surface area contributed by atoms with E-state index < -0.39 is 10.0 Å². The van der Waals surface area contributed by atoms with E-state index >= 15 is 0 Å². The summed E-state index contributed by atoms with van der Waals surface area (Å²) in [7, 11) is -2.14. The maximum absolute atomic E-state index is 13.0. The second-order valence-corrected chi connectivity index (χ2v) is 9.11. The molecule has 148 valence electrons. The van der Waals surface area contributed by atoms with Crippen molar-refractivity contribution in [3.8, 4) is 10.8 Å². The molecule has 0 bridgehead atoms. The number of carbonyl (C=O) groups excluding carboxylic acids is 1. The maximum atomic E-state index is 13.0. The number of aryl methyl sites for hydroxylation is 2. The highest BCUT2D eigenvalue weighted by Gasteiger charge is 2.25. The molecule has 2 N–H and O–H groups in total. The van der Waals surface area contributed by atoms with E-state index in [1.54, 1.807) is 31.0 Å². The Morgan fingerprint density at radius 2 is 1.96 bits per heavy atom. The van der Waals surface area contributed by atoms with Crippen LogP contribution < -0.4 is 5.14 Å². The Labute approximate surface area is 167 Å². The average Bonchev–Trinajstić information content (AvgIpc) is 3.25. The van der Waals surface area contributed by atoms with Crippen molar-refractivity contribution in [1.29, 1.82) is 0 Å². The zero-order chi connectivity index (χ0) is 20.6. The summed E-state index contributed by atoms with van der Waals surface area (Å²) in [6, 6.07) is 9.61. The van der Waals surface area contributed by atoms with Gasteiger partial charge in [0, 0.05) is 7.05 Å². The maximum Gasteiger partial charge on any atom is 0.266 e. The van der Waals surface area contributed by atoms with Crippen molar-refractivity contribution >= 4 is 27.3 Å². The predicted octanol–water partition coefficient (Wildman–Crippen LogP) is 3.50. The molecule has 1 amide bonds. The van der Waals surface area contributed by atoms with E-state index in [4.69, 9.17) is 9.56 Å². The molecule has 1 aromatic carbocycles. The summed E-state index contributed by atoms with van der Waals surface area (Å²) in [6.45, 7) is 5.46. The Bertz CT molecular complexity index is 1130. The number of nitrogens with zero attached hydrogens (tertiary/aromatic N) is 2. The van der Waals surface area contributed by atoms with Crippen LogP contribution in [0.5, 0.6) is 0 Å². The minimum absolute atomic E-state index is 0.0159. The van der Waals surface area contributed by atoms with Crippen molar-refractivity contribution in [3.05, 3.63) is 58.3 Å². The van der Waals surface area contributed by atoms with Crippen LogP contribution in [0.4, 0.5) is 0 Å². The quantitative estimate of drug-likeness (QED) is 0.681. The van der Waals surface area contributed by atoms with Crippen LogP contribution in [0.2, 0.25) is 0 Å². The third-order valence-corrected chi connectivity index (χ3v) is 6.58. The molecule has 0 saturated carbocycles. The summed E-state index contributed by atoms with van der Waals surface area (Å²) < 4.78 is 28.8. The second-order valence-electron chi connectivity index (χ2n) is 6.55. The number of thiazole rings is 1. The Balaban J connectivity index is 1.88. The number of nitrogens with two attached hydrogens (primary N) is 1. The van der Waals surface area contributed by atoms with Crippen LogP contribution in [0.25, 0.3) is 10.8 Å². The van der Waals surface area contributed by atoms with Crippen LogP contribution in [0.15, 0.2) is 45.7 Å². The van der Waals surface area contributed by atoms with Gasteiger partial charge in [-0.05, 0) is 50.6 Å². The van der Waals surface area contributed by atoms with Gasteiger partial charge in [0.05, 0.1) is 16.6 Å². The van der Waals surface area contributed by atoms with Gasteiger partial charge in [0.25, 0.3) is 5.91 Å². The summed E-state index contributed by atoms with van der Waals surface area (Å²) in [4.78, 5) is 19.6. The molecular formula is C19H21N3O4S2. The fourth-order valence-electron chi connectivity index (χ4n) is 2.76. The number of sulfonamides is 1. The molecule has 3 aromatic rings. The monoisotopic (exact) mass is 419 g/mol. The van der Waals surface area contributed by atoms with E-state index in [-0.39, 0.29) is 16.8 Å². The molecule has 0 saturated heterocycles. The number of primary sulfonamides is 1. The van der Waals surface area contributed by atoms with Crippen LogP contribution in [0.3, 0.4) is 0 Å². The first kappa shape index (κ1) is 20.2. The number of amides is 1. The molecule has 0 fully saturated rings. The van der Waals surface area contributed by atoms with Crippen molar-refractivity contribution in [1.82, 2.24) is 9.88 Å². The second kappa shape index (κ2) is 7.50. The van der Waals surface area contributed by atoms with Crippen LogP contribution in [-0.4, -0.2) is 31.3 Å². The van der Waals surface area contributed by atoms with Gasteiger partial charge in [0.1, 0.15) is 10.6 Å². The van der Waals surface area contributed by atoms with Gasteiger partial charge >= 0.3 is 0 Å². The summed E-state index contributed by atoms with van der Waals surface area (Å²) >= 11 is 1.27. The smallest absolute Gasteiger partial charge is 0.266 e. The number of furan rings is 1. The van der Waals surface area contributed by atoms with Gasteiger partial charge < -0.3 is 9.32 Å². The standard InChI is InChI=1S/C19H21N3O4S2/c1-11-8-9-16(26-11)18-21-12(2)17(27-18)19(23)22(4)13(3)14-6-5-7-15(10-14)28(20,24)25/h5-10,13H,1-4H3,(H2,20,24,25). The number of rotatable bonds is 5. The number of aromatic nitrogens is 1. The third-order valence-electron chi connectivity index (χ3n) is 4.51. The molecule has 0 aliphatic rings. The first-order chi connectivity index (χ1) is 13.1. The normalized spacial score (nSPS) is 12.8. The lowest BCUT2D eigenvalue weighted by molar-refractivity contribution is 0.0746. The van der Waals surface area contributed by atoms with Gasteiger partial charge in [-0.2, -0.15) is 0 Å². The van der Waals surface area contributed by atoms with Crippen LogP contribution in [0.1, 0.15) is 39.7 Å². The summed E-state index contributed by atoms with van der Waals surface area (Å²) in [6.07, 6.45) is 0. The van der Waals surface area contributed by atoms with Gasteiger partial charge in [-0.3, -0.25) is 4.79 Å². The fraction of sp³-hybridized carbons (Fsp3) is 0.263. The lowest BCUT2D eigenvalue weighted by atomic mass is 10.1. The molecule has 0 aliphatic heterocycles. The summed E-state index contributed by atoms with van der Waals surface area (Å²) in [5.74, 6) is 1.20. The lowest BCUT2D eigenvalue weighted by Gasteiger charge is -2.25. The van der Waals surface area contributed by atoms with Crippen molar-refractivity contribution in [2.45, 2.75) is 31.7 Å². The minimum Gasteiger partial charge on any atom is -0.459 e. The van der Waals surface area contributed by atoms with Gasteiger partial charge in [-0.25, -0.2) is 18.5 Å². The van der Waals surface area contributed by atoms with E-state index in [2.05, 4.69) is 4.98 Å². The third kappa shape index (κ3) is 4.01. The largest absolute Gasteiger partial charge is 0.459 e. The van der Waals surface area contributed by atoms with Gasteiger partial charge in [-0.15, -0.1) is 11.3 Å². The first-order valence-electron chi connectivity index (χ1n) is 8.52. The van der Waals surface area contributed by atoms with E-state index in [1.165, 1.54) is 23.5 Å². The van der Waals surface area contributed by atoms with E-state index in [1.807, 2.05) is 26.0 Å². The Hall–Kier alpha value is -2.49. The molecule has 3 rings (SSSR count). The summed E-state index contributed by atoms with van der Waals surface area (Å²) in [5.41, 5.74) is 1.29. The van der Waals surface area contributed by atoms with Crippen molar-refractivity contribution in [2.24, 2.45) is 5.14 Å². The molecule has 2 heterocycles. The van der Waals surface area contributed by atoms with Gasteiger partial charge in [0.2, 0.25) is 10.0 Å². The van der Waals surface area contributed by atoms with Gasteiger partial charge in [0.15, 0.2) is 10.8 Å². The molecule has 9 heteroatoms. The molecule has 0 radical (unpaired) electrons. The Kier molecular flexibility index (Phi) is 5.42. The zero-order valence-corrected chi connectivity index (χ0v) is 17.6. The topological polar surface area (TPSA) is 106 Å². The highest BCUT2D eigenvalue weighted by atomic mass is 32.2. The molecule has 0 spiro atoms. The predicted molar refractivity (Wildman–Crippen MR) is 108 cm³/mol. The SMILES string of the molecule is Cc1ccc(-c2nc(C)c(C(=O)N(C)C(C)c3cccc(S(N)(=O)=O)c3)s2)o1. The molecule has 1 unspecified atom stereocenters. The van der Waals surface area contributed by atoms with Crippen LogP contribution in [-0.2, 0) is 10.0 Å². The molecule has 7 nitrogen and oxygen atoms in total. The number of hydrogen-bond donors (Lipinski definition) is 1. The molecule has 28 heavy (non-hydrogen) atoms. The molecule has 2 aromatic heterocycles. The molecular weight excluding hydrogens is 398 g/mol. The van der Waals surface area contributed by atoms with Crippen molar-refractivity contribution in [2.75, 3.05) is 7.05 Å². The van der Waals surface area contributed by atoms with Crippen molar-refractivity contribution < 1.29 is 17.6 Å². The Morgan fingerprint density at radius 3 is 2.57 bits per heavy atom. The first-order valence-corrected chi connectivity index (χ1v) is 10.9. The summed E-state index contributed by atoms with van der Waals surface area (Å²) in [5, 5.41) is 5.85. The van der Waals surface area contributed by atoms with E-state index in [0.717, 1.165) is 5.76 Å². The van der Waals surface area contributed by atoms with Crippen LogP contribution >= 0.6 is 11.3 Å². The van der Waals surface area contributed by atoms with Crippen molar-refractivity contribution in [3.63, 3.8) is 0 Å². The average molecular weight is 420 g/mol. The molecule has 0 aliphatic carbocycles. The lowest BCUT2D eigenvalue weighted by Crippen LogP contribution is -2.29. The van der Waals surface area contributed by atoms with Gasteiger partial charge in [-0.1, -0.05) is 12.1 Å².